The van der Waals surface area contributed by atoms with Crippen molar-refractivity contribution < 1.29 is 9.13 Å². The first-order valence-electron chi connectivity index (χ1n) is 5.07. The number of halogens is 1. The third-order valence-electron chi connectivity index (χ3n) is 2.31. The molecular weight excluding hydrogens is 207 g/mol. The molecule has 86 valence electrons. The number of nitrogens with zero attached hydrogens (tertiary/aromatic N) is 1. The lowest BCUT2D eigenvalue weighted by Gasteiger charge is -2.12. The summed E-state index contributed by atoms with van der Waals surface area (Å²) in [5, 5.41) is 11.9. The third kappa shape index (κ3) is 3.30. The van der Waals surface area contributed by atoms with E-state index >= 15 is 0 Å². The van der Waals surface area contributed by atoms with Gasteiger partial charge in [-0.3, -0.25) is 5.32 Å². The molecule has 0 amide bonds. The van der Waals surface area contributed by atoms with Crippen molar-refractivity contribution >= 4 is 0 Å². The lowest BCUT2D eigenvalue weighted by Crippen LogP contribution is -2.24. The van der Waals surface area contributed by atoms with Crippen molar-refractivity contribution in [2.24, 2.45) is 0 Å². The second-order valence-electron chi connectivity index (χ2n) is 3.52. The minimum absolute atomic E-state index is 0.286. The number of nitrogens with one attached hydrogen (secondary N) is 1. The largest absolute Gasteiger partial charge is 0.383 e. The van der Waals surface area contributed by atoms with E-state index in [0.717, 1.165) is 0 Å². The molecule has 0 saturated heterocycles. The predicted molar refractivity (Wildman–Crippen MR) is 59.4 cm³/mol. The van der Waals surface area contributed by atoms with Crippen LogP contribution in [0.15, 0.2) is 18.2 Å². The van der Waals surface area contributed by atoms with Crippen molar-refractivity contribution in [3.05, 3.63) is 35.1 Å². The number of hydrogen-bond acceptors (Lipinski definition) is 3. The van der Waals surface area contributed by atoms with Gasteiger partial charge in [0.2, 0.25) is 0 Å². The Kier molecular flexibility index (Phi) is 4.90. The first kappa shape index (κ1) is 12.6. The van der Waals surface area contributed by atoms with Crippen LogP contribution in [0.4, 0.5) is 4.39 Å². The van der Waals surface area contributed by atoms with Crippen LogP contribution in [0.2, 0.25) is 0 Å². The van der Waals surface area contributed by atoms with Gasteiger partial charge in [0.15, 0.2) is 0 Å². The van der Waals surface area contributed by atoms with Gasteiger partial charge < -0.3 is 4.74 Å². The maximum absolute atomic E-state index is 13.3. The molecule has 1 rings (SSSR count). The average molecular weight is 222 g/mol. The molecule has 1 N–H and O–H groups in total. The fourth-order valence-corrected chi connectivity index (χ4v) is 1.33. The van der Waals surface area contributed by atoms with Gasteiger partial charge in [-0.1, -0.05) is 12.1 Å². The summed E-state index contributed by atoms with van der Waals surface area (Å²) in [4.78, 5) is 0. The first-order chi connectivity index (χ1) is 7.69. The average Bonchev–Trinajstić information content (AvgIpc) is 2.29. The zero-order valence-corrected chi connectivity index (χ0v) is 9.46. The highest BCUT2D eigenvalue weighted by atomic mass is 19.1. The minimum Gasteiger partial charge on any atom is -0.383 e. The Balaban J connectivity index is 2.72. The van der Waals surface area contributed by atoms with Gasteiger partial charge in [-0.15, -0.1) is 0 Å². The highest BCUT2D eigenvalue weighted by molar-refractivity contribution is 5.28. The zero-order valence-electron chi connectivity index (χ0n) is 9.46. The van der Waals surface area contributed by atoms with Crippen molar-refractivity contribution in [3.63, 3.8) is 0 Å². The highest BCUT2D eigenvalue weighted by Crippen LogP contribution is 2.15. The van der Waals surface area contributed by atoms with Gasteiger partial charge >= 0.3 is 0 Å². The Labute approximate surface area is 94.8 Å². The molecule has 16 heavy (non-hydrogen) atoms. The van der Waals surface area contributed by atoms with Crippen molar-refractivity contribution in [2.75, 3.05) is 20.3 Å². The van der Waals surface area contributed by atoms with Crippen LogP contribution < -0.4 is 5.32 Å². The third-order valence-corrected chi connectivity index (χ3v) is 2.31. The SMILES string of the molecule is COCCNC(C#N)c1ccc(C)c(F)c1. The minimum atomic E-state index is -0.495. The first-order valence-corrected chi connectivity index (χ1v) is 5.07. The quantitative estimate of drug-likeness (QED) is 0.774. The highest BCUT2D eigenvalue weighted by Gasteiger charge is 2.10. The van der Waals surface area contributed by atoms with Crippen LogP contribution in [0, 0.1) is 24.1 Å². The van der Waals surface area contributed by atoms with Gasteiger partial charge in [0.05, 0.1) is 12.7 Å². The molecule has 1 aromatic carbocycles. The molecule has 0 aliphatic carbocycles. The monoisotopic (exact) mass is 222 g/mol. The van der Waals surface area contributed by atoms with Gasteiger partial charge in [0.25, 0.3) is 0 Å². The van der Waals surface area contributed by atoms with E-state index in [1.165, 1.54) is 6.07 Å². The standard InChI is InChI=1S/C12H15FN2O/c1-9-3-4-10(7-11(9)13)12(8-14)15-5-6-16-2/h3-4,7,12,15H,5-6H2,1-2H3. The molecule has 0 spiro atoms. The van der Waals surface area contributed by atoms with Crippen LogP contribution in [0.5, 0.6) is 0 Å². The molecule has 0 fully saturated rings. The maximum Gasteiger partial charge on any atom is 0.126 e. The molecule has 0 saturated carbocycles. The van der Waals surface area contributed by atoms with Crippen molar-refractivity contribution in [2.45, 2.75) is 13.0 Å². The molecule has 0 aliphatic heterocycles. The van der Waals surface area contributed by atoms with Crippen LogP contribution >= 0.6 is 0 Å². The smallest absolute Gasteiger partial charge is 0.126 e. The normalized spacial score (nSPS) is 12.1. The lowest BCUT2D eigenvalue weighted by atomic mass is 10.1. The zero-order chi connectivity index (χ0) is 12.0. The molecule has 0 aliphatic rings. The summed E-state index contributed by atoms with van der Waals surface area (Å²) in [6.07, 6.45) is 0. The fourth-order valence-electron chi connectivity index (χ4n) is 1.33. The molecule has 1 aromatic rings. The number of ether oxygens (including phenoxy) is 1. The van der Waals surface area contributed by atoms with E-state index in [2.05, 4.69) is 11.4 Å². The van der Waals surface area contributed by atoms with E-state index < -0.39 is 6.04 Å². The number of benzene rings is 1. The van der Waals surface area contributed by atoms with E-state index in [1.807, 2.05) is 0 Å². The van der Waals surface area contributed by atoms with E-state index in [0.29, 0.717) is 24.3 Å². The van der Waals surface area contributed by atoms with Gasteiger partial charge in [-0.2, -0.15) is 5.26 Å². The van der Waals surface area contributed by atoms with Crippen LogP contribution in [0.3, 0.4) is 0 Å². The molecule has 1 atom stereocenters. The van der Waals surface area contributed by atoms with Crippen molar-refractivity contribution in [3.8, 4) is 6.07 Å². The molecule has 0 heterocycles. The number of nitriles is 1. The summed E-state index contributed by atoms with van der Waals surface area (Å²) >= 11 is 0. The van der Waals surface area contributed by atoms with Crippen LogP contribution in [0.25, 0.3) is 0 Å². The summed E-state index contributed by atoms with van der Waals surface area (Å²) in [6, 6.07) is 6.42. The summed E-state index contributed by atoms with van der Waals surface area (Å²) in [5.74, 6) is -0.286. The maximum atomic E-state index is 13.3. The Morgan fingerprint density at radius 1 is 1.56 bits per heavy atom. The Bertz CT molecular complexity index is 387. The van der Waals surface area contributed by atoms with E-state index in [9.17, 15) is 4.39 Å². The fraction of sp³-hybridized carbons (Fsp3) is 0.417. The predicted octanol–water partition coefficient (Wildman–Crippen LogP) is 1.93. The Hall–Kier alpha value is -1.44. The van der Waals surface area contributed by atoms with Crippen LogP contribution in [-0.2, 0) is 4.74 Å². The number of methoxy groups -OCH3 is 1. The molecule has 0 aromatic heterocycles. The lowest BCUT2D eigenvalue weighted by molar-refractivity contribution is 0.198. The number of aryl methyl sites for hydroxylation is 1. The summed E-state index contributed by atoms with van der Waals surface area (Å²) in [5.41, 5.74) is 1.22. The second kappa shape index (κ2) is 6.21. The topological polar surface area (TPSA) is 45.0 Å². The molecular formula is C12H15FN2O. The summed E-state index contributed by atoms with van der Waals surface area (Å²) in [6.45, 7) is 2.77. The molecule has 0 radical (unpaired) electrons. The molecule has 4 heteroatoms. The number of hydrogen-bond donors (Lipinski definition) is 1. The van der Waals surface area contributed by atoms with E-state index in [4.69, 9.17) is 10.00 Å². The van der Waals surface area contributed by atoms with E-state index in [-0.39, 0.29) is 5.82 Å². The molecule has 1 unspecified atom stereocenters. The van der Waals surface area contributed by atoms with Gasteiger partial charge in [0.1, 0.15) is 11.9 Å². The van der Waals surface area contributed by atoms with E-state index in [1.54, 1.807) is 26.2 Å². The van der Waals surface area contributed by atoms with Gasteiger partial charge in [0, 0.05) is 13.7 Å². The number of rotatable bonds is 5. The van der Waals surface area contributed by atoms with Gasteiger partial charge in [-0.25, -0.2) is 4.39 Å². The Morgan fingerprint density at radius 3 is 2.88 bits per heavy atom. The summed E-state index contributed by atoms with van der Waals surface area (Å²) < 4.78 is 18.2. The Morgan fingerprint density at radius 2 is 2.31 bits per heavy atom. The second-order valence-corrected chi connectivity index (χ2v) is 3.52. The van der Waals surface area contributed by atoms with Crippen molar-refractivity contribution in [1.82, 2.24) is 5.32 Å². The molecule has 0 bridgehead atoms. The van der Waals surface area contributed by atoms with Gasteiger partial charge in [-0.05, 0) is 24.1 Å². The summed E-state index contributed by atoms with van der Waals surface area (Å²) in [7, 11) is 1.59. The van der Waals surface area contributed by atoms with Crippen molar-refractivity contribution in [1.29, 1.82) is 5.26 Å². The van der Waals surface area contributed by atoms with Crippen LogP contribution in [0.1, 0.15) is 17.2 Å². The molecule has 3 nitrogen and oxygen atoms in total. The van der Waals surface area contributed by atoms with Crippen LogP contribution in [-0.4, -0.2) is 20.3 Å².